The van der Waals surface area contributed by atoms with Gasteiger partial charge in [-0.3, -0.25) is 0 Å². The Morgan fingerprint density at radius 2 is 1.69 bits per heavy atom. The SMILES string of the molecule is C=CCc1cccc(B(O)O)c1O.C=CCc1ccccc1OC1CCCCO1. The van der Waals surface area contributed by atoms with Crippen molar-refractivity contribution in [2.75, 3.05) is 6.61 Å². The molecule has 29 heavy (non-hydrogen) atoms. The van der Waals surface area contributed by atoms with Gasteiger partial charge in [0.15, 0.2) is 6.29 Å². The van der Waals surface area contributed by atoms with Gasteiger partial charge in [-0.1, -0.05) is 48.6 Å². The maximum atomic E-state index is 9.52. The van der Waals surface area contributed by atoms with E-state index in [1.165, 1.54) is 18.1 Å². The number of allylic oxidation sites excluding steroid dienone is 2. The second kappa shape index (κ2) is 12.1. The zero-order valence-electron chi connectivity index (χ0n) is 16.7. The number of ether oxygens (including phenoxy) is 2. The normalized spacial score (nSPS) is 15.6. The molecule has 0 radical (unpaired) electrons. The zero-order valence-corrected chi connectivity index (χ0v) is 16.7. The van der Waals surface area contributed by atoms with Gasteiger partial charge in [-0.25, -0.2) is 0 Å². The van der Waals surface area contributed by atoms with Gasteiger partial charge in [0.1, 0.15) is 11.5 Å². The van der Waals surface area contributed by atoms with E-state index >= 15 is 0 Å². The summed E-state index contributed by atoms with van der Waals surface area (Å²) in [6.07, 6.45) is 8.13. The van der Waals surface area contributed by atoms with Gasteiger partial charge < -0.3 is 24.6 Å². The Morgan fingerprint density at radius 1 is 1.00 bits per heavy atom. The Labute approximate surface area is 173 Å². The van der Waals surface area contributed by atoms with E-state index in [0.29, 0.717) is 12.0 Å². The van der Waals surface area contributed by atoms with E-state index in [1.807, 2.05) is 24.3 Å². The molecule has 2 aromatic rings. The third kappa shape index (κ3) is 7.09. The smallest absolute Gasteiger partial charge is 0.492 e. The molecule has 1 heterocycles. The van der Waals surface area contributed by atoms with Crippen molar-refractivity contribution in [2.24, 2.45) is 0 Å². The predicted molar refractivity (Wildman–Crippen MR) is 116 cm³/mol. The highest BCUT2D eigenvalue weighted by atomic mass is 16.7. The standard InChI is InChI=1S/C14H18O2.C9H11BO3/c1-2-7-12-8-3-4-9-13(12)16-14-10-5-6-11-15-14;1-2-4-7-5-3-6-8(9(7)11)10(12)13/h2-4,8-9,14H,1,5-7,10-11H2;2-3,5-6,11-13H,1,4H2. The molecule has 0 spiro atoms. The Hall–Kier alpha value is -2.54. The van der Waals surface area contributed by atoms with E-state index in [9.17, 15) is 5.11 Å². The van der Waals surface area contributed by atoms with Gasteiger partial charge >= 0.3 is 7.12 Å². The van der Waals surface area contributed by atoms with Gasteiger partial charge in [0.25, 0.3) is 0 Å². The number of hydrogen-bond acceptors (Lipinski definition) is 5. The van der Waals surface area contributed by atoms with E-state index in [-0.39, 0.29) is 17.5 Å². The lowest BCUT2D eigenvalue weighted by Crippen LogP contribution is -2.30. The highest BCUT2D eigenvalue weighted by Gasteiger charge is 2.17. The number of benzene rings is 2. The quantitative estimate of drug-likeness (QED) is 0.495. The third-order valence-electron chi connectivity index (χ3n) is 4.53. The first kappa shape index (κ1) is 22.8. The van der Waals surface area contributed by atoms with Crippen LogP contribution in [0.3, 0.4) is 0 Å². The van der Waals surface area contributed by atoms with Crippen molar-refractivity contribution < 1.29 is 24.6 Å². The first-order valence-corrected chi connectivity index (χ1v) is 9.81. The fourth-order valence-electron chi connectivity index (χ4n) is 3.03. The topological polar surface area (TPSA) is 79.2 Å². The minimum Gasteiger partial charge on any atom is -0.508 e. The van der Waals surface area contributed by atoms with Crippen LogP contribution in [0.15, 0.2) is 67.8 Å². The molecule has 1 fully saturated rings. The molecular formula is C23H29BO5. The maximum Gasteiger partial charge on any atom is 0.492 e. The number of rotatable bonds is 7. The molecule has 3 N–H and O–H groups in total. The Balaban J connectivity index is 0.000000212. The lowest BCUT2D eigenvalue weighted by molar-refractivity contribution is -0.106. The monoisotopic (exact) mass is 396 g/mol. The van der Waals surface area contributed by atoms with Crippen LogP contribution in [-0.4, -0.2) is 35.2 Å². The summed E-state index contributed by atoms with van der Waals surface area (Å²) < 4.78 is 11.4. The maximum absolute atomic E-state index is 9.52. The average molecular weight is 396 g/mol. The lowest BCUT2D eigenvalue weighted by atomic mass is 9.78. The summed E-state index contributed by atoms with van der Waals surface area (Å²) in [4.78, 5) is 0. The van der Waals surface area contributed by atoms with Crippen LogP contribution in [0, 0.1) is 0 Å². The summed E-state index contributed by atoms with van der Waals surface area (Å²) in [5.74, 6) is 0.853. The second-order valence-electron chi connectivity index (χ2n) is 6.74. The number of para-hydroxylation sites is 2. The number of phenolic OH excluding ortho intramolecular Hbond substituents is 1. The molecule has 1 atom stereocenters. The van der Waals surface area contributed by atoms with E-state index in [1.54, 1.807) is 18.2 Å². The molecular weight excluding hydrogens is 367 g/mol. The highest BCUT2D eigenvalue weighted by molar-refractivity contribution is 6.59. The van der Waals surface area contributed by atoms with Crippen LogP contribution in [0.5, 0.6) is 11.5 Å². The molecule has 1 aliphatic rings. The van der Waals surface area contributed by atoms with Crippen molar-refractivity contribution in [1.82, 2.24) is 0 Å². The largest absolute Gasteiger partial charge is 0.508 e. The van der Waals surface area contributed by atoms with Gasteiger partial charge in [0.2, 0.25) is 0 Å². The van der Waals surface area contributed by atoms with Crippen LogP contribution < -0.4 is 10.2 Å². The highest BCUT2D eigenvalue weighted by Crippen LogP contribution is 2.23. The van der Waals surface area contributed by atoms with Crippen LogP contribution >= 0.6 is 0 Å². The molecule has 1 aliphatic heterocycles. The van der Waals surface area contributed by atoms with Crippen LogP contribution in [0.25, 0.3) is 0 Å². The molecule has 2 aromatic carbocycles. The minimum absolute atomic E-state index is 0.0697. The average Bonchev–Trinajstić information content (AvgIpc) is 2.72. The van der Waals surface area contributed by atoms with Crippen LogP contribution in [0.4, 0.5) is 0 Å². The fourth-order valence-corrected chi connectivity index (χ4v) is 3.03. The van der Waals surface area contributed by atoms with Crippen molar-refractivity contribution in [3.63, 3.8) is 0 Å². The first-order chi connectivity index (χ1) is 14.1. The number of phenols is 1. The van der Waals surface area contributed by atoms with Crippen molar-refractivity contribution in [1.29, 1.82) is 0 Å². The summed E-state index contributed by atoms with van der Waals surface area (Å²) in [5, 5.41) is 27.3. The molecule has 0 saturated carbocycles. The van der Waals surface area contributed by atoms with Gasteiger partial charge in [-0.2, -0.15) is 0 Å². The van der Waals surface area contributed by atoms with Gasteiger partial charge in [-0.15, -0.1) is 13.2 Å². The number of hydrogen-bond donors (Lipinski definition) is 3. The molecule has 5 nitrogen and oxygen atoms in total. The molecule has 0 aliphatic carbocycles. The van der Waals surface area contributed by atoms with Crippen LogP contribution in [0.1, 0.15) is 30.4 Å². The molecule has 3 rings (SSSR count). The van der Waals surface area contributed by atoms with Gasteiger partial charge in [0, 0.05) is 11.9 Å². The van der Waals surface area contributed by atoms with E-state index in [0.717, 1.165) is 31.6 Å². The fraction of sp³-hybridized carbons (Fsp3) is 0.304. The van der Waals surface area contributed by atoms with Crippen LogP contribution in [0.2, 0.25) is 0 Å². The van der Waals surface area contributed by atoms with Crippen molar-refractivity contribution in [3.8, 4) is 11.5 Å². The van der Waals surface area contributed by atoms with Crippen LogP contribution in [-0.2, 0) is 17.6 Å². The predicted octanol–water partition coefficient (Wildman–Crippen LogP) is 3.12. The summed E-state index contributed by atoms with van der Waals surface area (Å²) in [6, 6.07) is 12.9. The summed E-state index contributed by atoms with van der Waals surface area (Å²) in [6.45, 7) is 8.11. The number of aromatic hydroxyl groups is 1. The summed E-state index contributed by atoms with van der Waals surface area (Å²) in [7, 11) is -1.63. The first-order valence-electron chi connectivity index (χ1n) is 9.81. The van der Waals surface area contributed by atoms with E-state index in [2.05, 4.69) is 19.2 Å². The van der Waals surface area contributed by atoms with Gasteiger partial charge in [-0.05, 0) is 42.9 Å². The Morgan fingerprint density at radius 3 is 2.34 bits per heavy atom. The zero-order chi connectivity index (χ0) is 21.1. The summed E-state index contributed by atoms with van der Waals surface area (Å²) in [5.41, 5.74) is 1.94. The Kier molecular flexibility index (Phi) is 9.51. The second-order valence-corrected chi connectivity index (χ2v) is 6.74. The Bertz CT molecular complexity index is 785. The molecule has 1 saturated heterocycles. The van der Waals surface area contributed by atoms with E-state index in [4.69, 9.17) is 19.5 Å². The molecule has 0 amide bonds. The molecule has 1 unspecified atom stereocenters. The molecule has 0 aromatic heterocycles. The van der Waals surface area contributed by atoms with Gasteiger partial charge in [0.05, 0.1) is 6.61 Å². The summed E-state index contributed by atoms with van der Waals surface area (Å²) >= 11 is 0. The third-order valence-corrected chi connectivity index (χ3v) is 4.53. The lowest BCUT2D eigenvalue weighted by Gasteiger charge is -2.24. The minimum atomic E-state index is -1.63. The van der Waals surface area contributed by atoms with Crippen molar-refractivity contribution in [3.05, 3.63) is 78.9 Å². The molecule has 154 valence electrons. The van der Waals surface area contributed by atoms with E-state index < -0.39 is 7.12 Å². The molecule has 6 heteroatoms. The van der Waals surface area contributed by atoms with Crippen molar-refractivity contribution >= 4 is 12.6 Å². The van der Waals surface area contributed by atoms with Crippen molar-refractivity contribution in [2.45, 2.75) is 38.4 Å². The molecule has 0 bridgehead atoms.